The molecule has 0 aliphatic heterocycles. The number of allylic oxidation sites excluding steroid dienone is 1. The molecular weight excluding hydrogens is 198 g/mol. The van der Waals surface area contributed by atoms with Gasteiger partial charge < -0.3 is 5.32 Å². The molecular formula is C13H23N3. The van der Waals surface area contributed by atoms with Crippen molar-refractivity contribution < 1.29 is 0 Å². The van der Waals surface area contributed by atoms with Crippen LogP contribution in [0.4, 0.5) is 0 Å². The summed E-state index contributed by atoms with van der Waals surface area (Å²) in [7, 11) is 0. The first kappa shape index (κ1) is 13.0. The highest BCUT2D eigenvalue weighted by atomic mass is 15.3. The second-order valence-corrected chi connectivity index (χ2v) is 4.38. The fourth-order valence-electron chi connectivity index (χ4n) is 1.53. The maximum atomic E-state index is 4.34. The van der Waals surface area contributed by atoms with Crippen molar-refractivity contribution in [2.75, 3.05) is 6.54 Å². The highest BCUT2D eigenvalue weighted by Gasteiger charge is 2.07. The maximum absolute atomic E-state index is 4.34. The zero-order chi connectivity index (χ0) is 12.0. The van der Waals surface area contributed by atoms with Crippen molar-refractivity contribution >= 4 is 0 Å². The summed E-state index contributed by atoms with van der Waals surface area (Å²) in [6, 6.07) is 0.807. The Morgan fingerprint density at radius 3 is 2.75 bits per heavy atom. The van der Waals surface area contributed by atoms with E-state index in [1.165, 1.54) is 5.56 Å². The number of rotatable bonds is 6. The first-order valence-corrected chi connectivity index (χ1v) is 6.03. The van der Waals surface area contributed by atoms with Gasteiger partial charge >= 0.3 is 0 Å². The van der Waals surface area contributed by atoms with Crippen molar-refractivity contribution in [1.29, 1.82) is 0 Å². The normalized spacial score (nSPS) is 13.8. The fraction of sp³-hybridized carbons (Fsp3) is 0.615. The largest absolute Gasteiger partial charge is 0.310 e. The van der Waals surface area contributed by atoms with Crippen LogP contribution < -0.4 is 5.32 Å². The predicted octanol–water partition coefficient (Wildman–Crippen LogP) is 3.08. The summed E-state index contributed by atoms with van der Waals surface area (Å²) in [5, 5.41) is 7.83. The van der Waals surface area contributed by atoms with E-state index in [-0.39, 0.29) is 0 Å². The van der Waals surface area contributed by atoms with E-state index >= 15 is 0 Å². The highest BCUT2D eigenvalue weighted by molar-refractivity contribution is 5.09. The molecule has 16 heavy (non-hydrogen) atoms. The Kier molecular flexibility index (Phi) is 5.26. The van der Waals surface area contributed by atoms with Crippen molar-refractivity contribution in [3.63, 3.8) is 0 Å². The lowest BCUT2D eigenvalue weighted by molar-refractivity contribution is 0.529. The number of nitrogens with zero attached hydrogens (tertiary/aromatic N) is 2. The van der Waals surface area contributed by atoms with E-state index in [9.17, 15) is 0 Å². The van der Waals surface area contributed by atoms with Gasteiger partial charge in [0.25, 0.3) is 0 Å². The summed E-state index contributed by atoms with van der Waals surface area (Å²) in [5.74, 6) is 0. The van der Waals surface area contributed by atoms with Crippen LogP contribution in [-0.4, -0.2) is 16.3 Å². The van der Waals surface area contributed by atoms with Crippen LogP contribution in [0, 0.1) is 0 Å². The molecule has 3 nitrogen and oxygen atoms in total. The molecule has 0 saturated carbocycles. The van der Waals surface area contributed by atoms with Crippen molar-refractivity contribution in [1.82, 2.24) is 15.1 Å². The Labute approximate surface area is 98.5 Å². The van der Waals surface area contributed by atoms with E-state index < -0.39 is 0 Å². The molecule has 0 radical (unpaired) electrons. The Hall–Kier alpha value is -1.09. The maximum Gasteiger partial charge on any atom is 0.0537 e. The van der Waals surface area contributed by atoms with Gasteiger partial charge in [0.05, 0.1) is 6.20 Å². The zero-order valence-electron chi connectivity index (χ0n) is 10.8. The van der Waals surface area contributed by atoms with Crippen molar-refractivity contribution in [2.45, 2.75) is 46.2 Å². The van der Waals surface area contributed by atoms with Gasteiger partial charge in [-0.2, -0.15) is 5.10 Å². The minimum Gasteiger partial charge on any atom is -0.310 e. The van der Waals surface area contributed by atoms with E-state index in [0.29, 0.717) is 12.1 Å². The van der Waals surface area contributed by atoms with Crippen molar-refractivity contribution in [3.8, 4) is 0 Å². The summed E-state index contributed by atoms with van der Waals surface area (Å²) in [6.07, 6.45) is 9.42. The zero-order valence-corrected chi connectivity index (χ0v) is 10.8. The lowest BCUT2D eigenvalue weighted by atomic mass is 10.2. The van der Waals surface area contributed by atoms with Gasteiger partial charge in [-0.15, -0.1) is 0 Å². The first-order valence-electron chi connectivity index (χ1n) is 6.03. The van der Waals surface area contributed by atoms with Crippen LogP contribution in [0.3, 0.4) is 0 Å². The van der Waals surface area contributed by atoms with Crippen molar-refractivity contribution in [3.05, 3.63) is 30.1 Å². The van der Waals surface area contributed by atoms with Crippen LogP contribution in [0.25, 0.3) is 0 Å². The second kappa shape index (κ2) is 6.48. The van der Waals surface area contributed by atoms with Gasteiger partial charge in [-0.3, -0.25) is 4.68 Å². The third-order valence-electron chi connectivity index (χ3n) is 2.65. The van der Waals surface area contributed by atoms with Crippen LogP contribution in [0.1, 0.15) is 51.8 Å². The smallest absolute Gasteiger partial charge is 0.0537 e. The summed E-state index contributed by atoms with van der Waals surface area (Å²) in [5.41, 5.74) is 1.26. The predicted molar refractivity (Wildman–Crippen MR) is 68.5 cm³/mol. The third-order valence-corrected chi connectivity index (χ3v) is 2.65. The fourth-order valence-corrected chi connectivity index (χ4v) is 1.53. The topological polar surface area (TPSA) is 29.9 Å². The molecule has 1 aromatic heterocycles. The third kappa shape index (κ3) is 3.81. The molecule has 1 atom stereocenters. The lowest BCUT2D eigenvalue weighted by Gasteiger charge is -2.11. The molecule has 0 aliphatic rings. The number of hydrogen-bond acceptors (Lipinski definition) is 2. The highest BCUT2D eigenvalue weighted by Crippen LogP contribution is 2.13. The standard InChI is InChI=1S/C13H23N3/c1-5-6-7-8-14-12(4)13-9-15-16(10-13)11(2)3/h5-6,9-12,14H,7-8H2,1-4H3/b6-5+. The van der Waals surface area contributed by atoms with E-state index in [1.54, 1.807) is 0 Å². The van der Waals surface area contributed by atoms with Gasteiger partial charge in [0.2, 0.25) is 0 Å². The molecule has 1 rings (SSSR count). The van der Waals surface area contributed by atoms with E-state index in [0.717, 1.165) is 13.0 Å². The number of hydrogen-bond donors (Lipinski definition) is 1. The second-order valence-electron chi connectivity index (χ2n) is 4.38. The average Bonchev–Trinajstić information content (AvgIpc) is 2.73. The van der Waals surface area contributed by atoms with Crippen LogP contribution in [-0.2, 0) is 0 Å². The van der Waals surface area contributed by atoms with Gasteiger partial charge in [-0.25, -0.2) is 0 Å². The molecule has 1 aromatic rings. The Bertz CT molecular complexity index is 326. The van der Waals surface area contributed by atoms with Crippen LogP contribution >= 0.6 is 0 Å². The molecule has 90 valence electrons. The number of nitrogens with one attached hydrogen (secondary N) is 1. The monoisotopic (exact) mass is 221 g/mol. The number of aromatic nitrogens is 2. The van der Waals surface area contributed by atoms with Gasteiger partial charge in [0.15, 0.2) is 0 Å². The van der Waals surface area contributed by atoms with Gasteiger partial charge in [0.1, 0.15) is 0 Å². The Morgan fingerprint density at radius 2 is 2.19 bits per heavy atom. The average molecular weight is 221 g/mol. The quantitative estimate of drug-likeness (QED) is 0.591. The molecule has 1 N–H and O–H groups in total. The molecule has 0 fully saturated rings. The molecule has 3 heteroatoms. The summed E-state index contributed by atoms with van der Waals surface area (Å²) in [4.78, 5) is 0. The summed E-state index contributed by atoms with van der Waals surface area (Å²) < 4.78 is 2.00. The van der Waals surface area contributed by atoms with Crippen LogP contribution in [0.15, 0.2) is 24.5 Å². The van der Waals surface area contributed by atoms with E-state index in [4.69, 9.17) is 0 Å². The summed E-state index contributed by atoms with van der Waals surface area (Å²) >= 11 is 0. The van der Waals surface area contributed by atoms with Gasteiger partial charge in [-0.05, 0) is 40.7 Å². The minimum absolute atomic E-state index is 0.373. The molecule has 0 aromatic carbocycles. The SMILES string of the molecule is C/C=C/CCNC(C)c1cnn(C(C)C)c1. The molecule has 0 spiro atoms. The molecule has 1 unspecified atom stereocenters. The minimum atomic E-state index is 0.373. The molecule has 0 amide bonds. The lowest BCUT2D eigenvalue weighted by Crippen LogP contribution is -2.19. The van der Waals surface area contributed by atoms with E-state index in [2.05, 4.69) is 56.5 Å². The Morgan fingerprint density at radius 1 is 1.44 bits per heavy atom. The summed E-state index contributed by atoms with van der Waals surface area (Å²) in [6.45, 7) is 9.52. The van der Waals surface area contributed by atoms with E-state index in [1.807, 2.05) is 10.9 Å². The van der Waals surface area contributed by atoms with Crippen LogP contribution in [0.2, 0.25) is 0 Å². The molecule has 0 saturated heterocycles. The molecule has 1 heterocycles. The van der Waals surface area contributed by atoms with Crippen molar-refractivity contribution in [2.24, 2.45) is 0 Å². The van der Waals surface area contributed by atoms with Gasteiger partial charge in [0, 0.05) is 23.8 Å². The van der Waals surface area contributed by atoms with Gasteiger partial charge in [-0.1, -0.05) is 12.2 Å². The first-order chi connectivity index (χ1) is 7.65. The Balaban J connectivity index is 2.43. The molecule has 0 aliphatic carbocycles. The molecule has 0 bridgehead atoms. The van der Waals surface area contributed by atoms with Crippen LogP contribution in [0.5, 0.6) is 0 Å².